The van der Waals surface area contributed by atoms with Gasteiger partial charge < -0.3 is 4.98 Å². The number of aromatic amines is 1. The maximum absolute atomic E-state index is 12.4. The lowest BCUT2D eigenvalue weighted by Gasteiger charge is -2.08. The molecule has 0 saturated carbocycles. The molecular formula is C18H13ClN2OS. The highest BCUT2D eigenvalue weighted by molar-refractivity contribution is 7.26. The van der Waals surface area contributed by atoms with Gasteiger partial charge in [-0.15, -0.1) is 11.3 Å². The molecule has 5 heteroatoms. The van der Waals surface area contributed by atoms with Crippen molar-refractivity contribution in [2.24, 2.45) is 0 Å². The van der Waals surface area contributed by atoms with Gasteiger partial charge in [-0.25, -0.2) is 0 Å². The summed E-state index contributed by atoms with van der Waals surface area (Å²) in [5.41, 5.74) is 4.43. The van der Waals surface area contributed by atoms with Crippen molar-refractivity contribution in [2.75, 3.05) is 0 Å². The van der Waals surface area contributed by atoms with Crippen molar-refractivity contribution in [3.8, 4) is 11.1 Å². The third-order valence-electron chi connectivity index (χ3n) is 4.02. The number of hydrogen-bond acceptors (Lipinski definition) is 3. The molecule has 3 heterocycles. The summed E-state index contributed by atoms with van der Waals surface area (Å²) in [6, 6.07) is 9.74. The number of hydrogen-bond donors (Lipinski definition) is 1. The van der Waals surface area contributed by atoms with Gasteiger partial charge in [0.15, 0.2) is 0 Å². The van der Waals surface area contributed by atoms with E-state index in [4.69, 9.17) is 11.6 Å². The Morgan fingerprint density at radius 2 is 2.00 bits per heavy atom. The van der Waals surface area contributed by atoms with Gasteiger partial charge in [0, 0.05) is 38.1 Å². The Hall–Kier alpha value is -2.17. The van der Waals surface area contributed by atoms with Crippen LogP contribution in [0, 0.1) is 13.8 Å². The van der Waals surface area contributed by atoms with Crippen molar-refractivity contribution in [1.82, 2.24) is 9.97 Å². The van der Waals surface area contributed by atoms with Crippen LogP contribution in [0.25, 0.3) is 31.4 Å². The standard InChI is InChI=1S/C18H13ClN2OS/c1-9-7-11(5-6-20-9)15-10(2)18(22)21-16-13-8-12(19)3-4-14(13)23-17(15)16/h3-8H,1-2H3,(H,21,22). The fourth-order valence-corrected chi connectivity index (χ4v) is 4.34. The molecule has 23 heavy (non-hydrogen) atoms. The van der Waals surface area contributed by atoms with Gasteiger partial charge in [0.1, 0.15) is 0 Å². The van der Waals surface area contributed by atoms with E-state index < -0.39 is 0 Å². The molecular weight excluding hydrogens is 328 g/mol. The van der Waals surface area contributed by atoms with Crippen LogP contribution in [0.4, 0.5) is 0 Å². The van der Waals surface area contributed by atoms with E-state index in [1.807, 2.05) is 44.2 Å². The first-order chi connectivity index (χ1) is 11.0. The second-order valence-electron chi connectivity index (χ2n) is 5.59. The summed E-state index contributed by atoms with van der Waals surface area (Å²) in [6.07, 6.45) is 1.78. The molecule has 0 aliphatic heterocycles. The number of H-pyrrole nitrogens is 1. The summed E-state index contributed by atoms with van der Waals surface area (Å²) in [6.45, 7) is 3.81. The van der Waals surface area contributed by atoms with Gasteiger partial charge in [-0.1, -0.05) is 11.6 Å². The Morgan fingerprint density at radius 3 is 2.78 bits per heavy atom. The normalized spacial score (nSPS) is 11.4. The van der Waals surface area contributed by atoms with Crippen molar-refractivity contribution in [3.05, 3.63) is 63.2 Å². The van der Waals surface area contributed by atoms with E-state index in [-0.39, 0.29) is 5.56 Å². The van der Waals surface area contributed by atoms with Crippen LogP contribution in [0.5, 0.6) is 0 Å². The highest BCUT2D eigenvalue weighted by atomic mass is 35.5. The van der Waals surface area contributed by atoms with Gasteiger partial charge in [0.2, 0.25) is 0 Å². The first-order valence-corrected chi connectivity index (χ1v) is 8.42. The molecule has 4 aromatic rings. The van der Waals surface area contributed by atoms with E-state index in [2.05, 4.69) is 9.97 Å². The van der Waals surface area contributed by atoms with Crippen molar-refractivity contribution < 1.29 is 0 Å². The maximum atomic E-state index is 12.4. The smallest absolute Gasteiger partial charge is 0.252 e. The molecule has 0 amide bonds. The molecule has 0 radical (unpaired) electrons. The molecule has 0 atom stereocenters. The number of pyridine rings is 2. The van der Waals surface area contributed by atoms with Crippen LogP contribution in [-0.4, -0.2) is 9.97 Å². The quantitative estimate of drug-likeness (QED) is 0.525. The zero-order valence-corrected chi connectivity index (χ0v) is 14.2. The van der Waals surface area contributed by atoms with E-state index in [0.717, 1.165) is 42.7 Å². The Labute approximate surface area is 141 Å². The van der Waals surface area contributed by atoms with Crippen LogP contribution in [0.3, 0.4) is 0 Å². The first-order valence-electron chi connectivity index (χ1n) is 7.22. The van der Waals surface area contributed by atoms with Crippen molar-refractivity contribution in [3.63, 3.8) is 0 Å². The summed E-state index contributed by atoms with van der Waals surface area (Å²) >= 11 is 7.80. The SMILES string of the molecule is Cc1cc(-c2c(C)c(=O)[nH]c3c2sc2ccc(Cl)cc23)ccn1. The Balaban J connectivity index is 2.20. The summed E-state index contributed by atoms with van der Waals surface area (Å²) in [5.74, 6) is 0. The summed E-state index contributed by atoms with van der Waals surface area (Å²) in [5, 5.41) is 1.65. The molecule has 0 aliphatic carbocycles. The number of rotatable bonds is 1. The van der Waals surface area contributed by atoms with Crippen molar-refractivity contribution in [1.29, 1.82) is 0 Å². The van der Waals surface area contributed by atoms with Gasteiger partial charge in [0.05, 0.1) is 10.2 Å². The monoisotopic (exact) mass is 340 g/mol. The van der Waals surface area contributed by atoms with Gasteiger partial charge in [-0.2, -0.15) is 0 Å². The van der Waals surface area contributed by atoms with E-state index >= 15 is 0 Å². The minimum Gasteiger partial charge on any atom is -0.320 e. The molecule has 1 N–H and O–H groups in total. The van der Waals surface area contributed by atoms with Crippen LogP contribution in [-0.2, 0) is 0 Å². The van der Waals surface area contributed by atoms with Gasteiger partial charge in [-0.3, -0.25) is 9.78 Å². The fraction of sp³-hybridized carbons (Fsp3) is 0.111. The molecule has 0 saturated heterocycles. The zero-order chi connectivity index (χ0) is 16.1. The molecule has 0 aliphatic rings. The van der Waals surface area contributed by atoms with Crippen molar-refractivity contribution in [2.45, 2.75) is 13.8 Å². The minimum atomic E-state index is -0.0679. The lowest BCUT2D eigenvalue weighted by molar-refractivity contribution is 1.20. The lowest BCUT2D eigenvalue weighted by atomic mass is 10.0. The van der Waals surface area contributed by atoms with Gasteiger partial charge in [0.25, 0.3) is 5.56 Å². The lowest BCUT2D eigenvalue weighted by Crippen LogP contribution is -2.10. The van der Waals surface area contributed by atoms with Crippen LogP contribution in [0.15, 0.2) is 41.3 Å². The van der Waals surface area contributed by atoms with E-state index in [9.17, 15) is 4.79 Å². The fourth-order valence-electron chi connectivity index (χ4n) is 2.91. The summed E-state index contributed by atoms with van der Waals surface area (Å²) < 4.78 is 2.18. The molecule has 0 spiro atoms. The molecule has 0 bridgehead atoms. The summed E-state index contributed by atoms with van der Waals surface area (Å²) in [7, 11) is 0. The molecule has 114 valence electrons. The van der Waals surface area contributed by atoms with Crippen LogP contribution in [0.1, 0.15) is 11.3 Å². The van der Waals surface area contributed by atoms with Crippen LogP contribution in [0.2, 0.25) is 5.02 Å². The van der Waals surface area contributed by atoms with Crippen molar-refractivity contribution >= 4 is 43.2 Å². The van der Waals surface area contributed by atoms with Crippen LogP contribution < -0.4 is 5.56 Å². The molecule has 0 fully saturated rings. The molecule has 3 nitrogen and oxygen atoms in total. The zero-order valence-electron chi connectivity index (χ0n) is 12.6. The predicted octanol–water partition coefficient (Wildman–Crippen LogP) is 5.08. The van der Waals surface area contributed by atoms with E-state index in [1.54, 1.807) is 17.5 Å². The third kappa shape index (κ3) is 2.26. The summed E-state index contributed by atoms with van der Waals surface area (Å²) in [4.78, 5) is 19.7. The molecule has 0 unspecified atom stereocenters. The molecule has 1 aromatic carbocycles. The Kier molecular flexibility index (Phi) is 3.25. The highest BCUT2D eigenvalue weighted by Crippen LogP contribution is 2.40. The Morgan fingerprint density at radius 1 is 1.17 bits per heavy atom. The van der Waals surface area contributed by atoms with Crippen LogP contribution >= 0.6 is 22.9 Å². The predicted molar refractivity (Wildman–Crippen MR) is 97.7 cm³/mol. The number of halogens is 1. The average molecular weight is 341 g/mol. The number of nitrogens with zero attached hydrogens (tertiary/aromatic N) is 1. The Bertz CT molecular complexity index is 1130. The highest BCUT2D eigenvalue weighted by Gasteiger charge is 2.16. The molecule has 4 rings (SSSR count). The number of thiophene rings is 1. The first kappa shape index (κ1) is 14.4. The number of nitrogens with one attached hydrogen (secondary N) is 1. The van der Waals surface area contributed by atoms with E-state index in [0.29, 0.717) is 5.02 Å². The number of aryl methyl sites for hydroxylation is 1. The largest absolute Gasteiger partial charge is 0.320 e. The molecule has 3 aromatic heterocycles. The van der Waals surface area contributed by atoms with Gasteiger partial charge >= 0.3 is 0 Å². The number of benzene rings is 1. The second kappa shape index (κ2) is 5.18. The minimum absolute atomic E-state index is 0.0679. The average Bonchev–Trinajstić information content (AvgIpc) is 2.86. The van der Waals surface area contributed by atoms with E-state index in [1.165, 1.54) is 0 Å². The maximum Gasteiger partial charge on any atom is 0.252 e. The topological polar surface area (TPSA) is 45.8 Å². The van der Waals surface area contributed by atoms with Gasteiger partial charge in [-0.05, 0) is 49.7 Å². The third-order valence-corrected chi connectivity index (χ3v) is 5.44. The second-order valence-corrected chi connectivity index (χ2v) is 7.08. The number of aromatic nitrogens is 2. The number of fused-ring (bicyclic) bond motifs is 3.